The number of rotatable bonds is 18. The van der Waals surface area contributed by atoms with Gasteiger partial charge in [-0.05, 0) is 137 Å². The molecule has 0 aliphatic carbocycles. The van der Waals surface area contributed by atoms with Crippen LogP contribution in [0.2, 0.25) is 0 Å². The number of nitrogens with zero attached hydrogens (tertiary/aromatic N) is 6. The second-order valence-electron chi connectivity index (χ2n) is 23.9. The summed E-state index contributed by atoms with van der Waals surface area (Å²) < 4.78 is 34.5. The van der Waals surface area contributed by atoms with Crippen LogP contribution in [-0.4, -0.2) is 175 Å². The van der Waals surface area contributed by atoms with Crippen LogP contribution >= 0.6 is 0 Å². The molecule has 0 bridgehead atoms. The second kappa shape index (κ2) is 26.6. The first-order chi connectivity index (χ1) is 35.4. The molecule has 0 radical (unpaired) electrons. The summed E-state index contributed by atoms with van der Waals surface area (Å²) in [4.78, 5) is 19.0. The van der Waals surface area contributed by atoms with Crippen molar-refractivity contribution in [1.29, 1.82) is 0 Å². The van der Waals surface area contributed by atoms with Gasteiger partial charge >= 0.3 is 5.97 Å². The normalized spacial score (nSPS) is 37.9. The number of methoxy groups -OCH3 is 1. The highest BCUT2D eigenvalue weighted by Crippen LogP contribution is 2.45. The SMILES string of the molecule is CCCCc1cn(-c2ccc(CCCCN3C=C(CCN(C)[C@@H]4C[C@H](O[C@@H]5[C@@H](C)[C@H](C6C[C@@](C)(OC)[C@@H](O)[C@H](C)O6)[C@@H](C)C(=O)O[C@H](CC)[C@@](C)(O)[C@H](O)[C@@H](C)N(C)C[C@H](C)C[C@@]5(C)O)O[C@H](C)C4)NN3)cc2)nn1. The van der Waals surface area contributed by atoms with Gasteiger partial charge in [-0.15, -0.1) is 10.6 Å². The highest BCUT2D eigenvalue weighted by atomic mass is 16.7. The van der Waals surface area contributed by atoms with Crippen LogP contribution in [0.25, 0.3) is 5.69 Å². The predicted molar refractivity (Wildman–Crippen MR) is 289 cm³/mol. The van der Waals surface area contributed by atoms with Crippen LogP contribution in [0.1, 0.15) is 152 Å². The van der Waals surface area contributed by atoms with E-state index in [1.807, 2.05) is 57.4 Å². The van der Waals surface area contributed by atoms with Crippen molar-refractivity contribution in [2.24, 2.45) is 23.7 Å². The van der Waals surface area contributed by atoms with Crippen molar-refractivity contribution in [3.8, 4) is 5.69 Å². The van der Waals surface area contributed by atoms with Gasteiger partial charge in [0.05, 0.1) is 59.1 Å². The minimum absolute atomic E-state index is 0.0881. The average molecular weight is 1060 g/mol. The first-order valence-electron chi connectivity index (χ1n) is 28.3. The fraction of sp³-hybridized carbons (Fsp3) is 0.807. The summed E-state index contributed by atoms with van der Waals surface area (Å²) in [7, 11) is 5.61. The molecule has 4 aliphatic heterocycles. The number of hydrogen-bond donors (Lipinski definition) is 6. The van der Waals surface area contributed by atoms with Crippen molar-refractivity contribution in [2.45, 2.75) is 231 Å². The van der Waals surface area contributed by atoms with Crippen LogP contribution in [0.5, 0.6) is 0 Å². The van der Waals surface area contributed by atoms with Gasteiger partial charge in [0.1, 0.15) is 23.9 Å². The lowest BCUT2D eigenvalue weighted by Gasteiger charge is -2.51. The number of aliphatic hydroxyl groups is 4. The van der Waals surface area contributed by atoms with Gasteiger partial charge in [-0.25, -0.2) is 4.68 Å². The molecule has 2 aromatic rings. The quantitative estimate of drug-likeness (QED) is 0.0739. The van der Waals surface area contributed by atoms with E-state index in [1.165, 1.54) is 12.5 Å². The Labute approximate surface area is 449 Å². The molecular formula is C57H98N8O10. The molecule has 18 nitrogen and oxygen atoms in total. The maximum atomic E-state index is 14.6. The number of ether oxygens (including phenoxy) is 5. The lowest BCUT2D eigenvalue weighted by molar-refractivity contribution is -0.275. The van der Waals surface area contributed by atoms with Gasteiger partial charge in [0.2, 0.25) is 0 Å². The number of aryl methyl sites for hydroxylation is 2. The molecule has 1 aromatic heterocycles. The first kappa shape index (κ1) is 61.0. The number of nitrogens with one attached hydrogen (secondary N) is 2. The second-order valence-corrected chi connectivity index (χ2v) is 23.9. The number of cyclic esters (lactones) is 1. The Balaban J connectivity index is 1.13. The fourth-order valence-electron chi connectivity index (χ4n) is 12.6. The van der Waals surface area contributed by atoms with Crippen molar-refractivity contribution >= 4 is 5.97 Å². The highest BCUT2D eigenvalue weighted by molar-refractivity contribution is 5.73. The Hall–Kier alpha value is -3.27. The van der Waals surface area contributed by atoms with E-state index in [0.717, 1.165) is 81.5 Å². The molecule has 3 saturated heterocycles. The fourth-order valence-corrected chi connectivity index (χ4v) is 12.6. The van der Waals surface area contributed by atoms with Gasteiger partial charge in [0.25, 0.3) is 0 Å². The summed E-state index contributed by atoms with van der Waals surface area (Å²) >= 11 is 0. The van der Waals surface area contributed by atoms with Gasteiger partial charge in [-0.3, -0.25) is 9.80 Å². The van der Waals surface area contributed by atoms with Crippen LogP contribution < -0.4 is 11.0 Å². The van der Waals surface area contributed by atoms with E-state index < -0.39 is 89.5 Å². The summed E-state index contributed by atoms with van der Waals surface area (Å²) in [5.41, 5.74) is 6.97. The maximum absolute atomic E-state index is 14.6. The van der Waals surface area contributed by atoms with Gasteiger partial charge < -0.3 is 59.3 Å². The summed E-state index contributed by atoms with van der Waals surface area (Å²) in [6.07, 6.45) is 7.38. The van der Waals surface area contributed by atoms with E-state index >= 15 is 0 Å². The molecule has 0 saturated carbocycles. The molecular weight excluding hydrogens is 957 g/mol. The zero-order valence-corrected chi connectivity index (χ0v) is 48.1. The molecule has 0 spiro atoms. The Kier molecular flexibility index (Phi) is 21.6. The third kappa shape index (κ3) is 15.3. The monoisotopic (exact) mass is 1050 g/mol. The van der Waals surface area contributed by atoms with E-state index in [-0.39, 0.29) is 30.9 Å². The molecule has 1 unspecified atom stereocenters. The molecule has 6 rings (SSSR count). The van der Waals surface area contributed by atoms with Gasteiger partial charge in [-0.1, -0.05) is 58.4 Å². The predicted octanol–water partition coefficient (Wildman–Crippen LogP) is 6.08. The van der Waals surface area contributed by atoms with Crippen LogP contribution in [0.3, 0.4) is 0 Å². The smallest absolute Gasteiger partial charge is 0.309 e. The lowest BCUT2D eigenvalue weighted by atomic mass is 9.68. The molecule has 3 fully saturated rings. The Morgan fingerprint density at radius 2 is 1.64 bits per heavy atom. The Morgan fingerprint density at radius 1 is 0.920 bits per heavy atom. The number of hydrogen-bond acceptors (Lipinski definition) is 17. The number of unbranched alkanes of at least 4 members (excludes halogenated alkanes) is 2. The number of likely N-dealkylation sites (N-methyl/N-ethyl adjacent to an activating group) is 1. The number of aliphatic hydroxyl groups excluding tert-OH is 2. The summed E-state index contributed by atoms with van der Waals surface area (Å²) in [6.45, 7) is 23.0. The topological polar surface area (TPSA) is 209 Å². The minimum Gasteiger partial charge on any atom is -0.459 e. The number of carbonyl (C=O) groups excluding carboxylic acids is 1. The largest absolute Gasteiger partial charge is 0.459 e. The maximum Gasteiger partial charge on any atom is 0.309 e. The molecule has 1 aromatic carbocycles. The third-order valence-corrected chi connectivity index (χ3v) is 17.4. The highest BCUT2D eigenvalue weighted by Gasteiger charge is 2.54. The van der Waals surface area contributed by atoms with Gasteiger partial charge in [0, 0.05) is 75.9 Å². The van der Waals surface area contributed by atoms with Crippen molar-refractivity contribution in [1.82, 2.24) is 40.8 Å². The van der Waals surface area contributed by atoms with Crippen LogP contribution in [0.4, 0.5) is 0 Å². The first-order valence-corrected chi connectivity index (χ1v) is 28.3. The molecule has 426 valence electrons. The number of esters is 1. The van der Waals surface area contributed by atoms with E-state index in [0.29, 0.717) is 19.4 Å². The summed E-state index contributed by atoms with van der Waals surface area (Å²) in [5.74, 6) is -2.66. The summed E-state index contributed by atoms with van der Waals surface area (Å²) in [5, 5.41) is 58.7. The van der Waals surface area contributed by atoms with Crippen LogP contribution in [0.15, 0.2) is 42.4 Å². The third-order valence-electron chi connectivity index (χ3n) is 17.4. The average Bonchev–Trinajstić information content (AvgIpc) is 4.05. The van der Waals surface area contributed by atoms with Crippen LogP contribution in [0, 0.1) is 23.7 Å². The molecule has 4 aliphatic rings. The van der Waals surface area contributed by atoms with Crippen molar-refractivity contribution in [3.63, 3.8) is 0 Å². The number of aromatic nitrogens is 3. The standard InChI is InChI=1S/C57H98N8O10/c1-15-17-21-43-35-65(61-59-43)45-24-22-42(23-25-45)20-18-19-27-64-34-44(58-60-64)26-28-62(12)46-29-37(4)72-49(30-46)75-53-38(5)50(47-32-56(10,71-14)52(67)41(8)73-47)39(6)54(68)74-48(16-2)57(11,70)51(66)40(7)63(13)33-36(3)31-55(53,9)69/h22-25,34-41,46-53,58,60,66-67,69-70H,15-21,26-33H2,1-14H3/t36-,37-,38+,39-,40-,41+,46+,47?,48-,49+,50+,51-,52+,53-,55-,56-,57-/m1/s1. The molecule has 18 heteroatoms. The molecule has 75 heavy (non-hydrogen) atoms. The molecule has 5 heterocycles. The zero-order valence-electron chi connectivity index (χ0n) is 48.1. The molecule has 17 atom stereocenters. The number of hydrazine groups is 2. The Bertz CT molecular complexity index is 2110. The van der Waals surface area contributed by atoms with Crippen molar-refractivity contribution in [3.05, 3.63) is 53.6 Å². The Morgan fingerprint density at radius 3 is 2.32 bits per heavy atom. The molecule has 0 amide bonds. The van der Waals surface area contributed by atoms with E-state index in [1.54, 1.807) is 21.0 Å². The van der Waals surface area contributed by atoms with E-state index in [9.17, 15) is 25.2 Å². The van der Waals surface area contributed by atoms with Gasteiger partial charge in [0.15, 0.2) is 6.29 Å². The summed E-state index contributed by atoms with van der Waals surface area (Å²) in [6, 6.07) is 8.22. The number of benzene rings is 1. The number of carbonyl (C=O) groups is 1. The zero-order chi connectivity index (χ0) is 55.0. The van der Waals surface area contributed by atoms with E-state index in [2.05, 4.69) is 89.5 Å². The van der Waals surface area contributed by atoms with Crippen LogP contribution in [-0.2, 0) is 41.3 Å². The van der Waals surface area contributed by atoms with Crippen molar-refractivity contribution < 1.29 is 48.9 Å². The lowest BCUT2D eigenvalue weighted by Crippen LogP contribution is -2.61. The minimum atomic E-state index is -1.77. The van der Waals surface area contributed by atoms with E-state index in [4.69, 9.17) is 23.7 Å². The van der Waals surface area contributed by atoms with Gasteiger partial charge in [-0.2, -0.15) is 0 Å². The van der Waals surface area contributed by atoms with Crippen molar-refractivity contribution in [2.75, 3.05) is 40.8 Å². The molecule has 6 N–H and O–H groups in total.